The number of carbonyl (C=O) groups is 1. The number of hydrogen-bond donors (Lipinski definition) is 2. The summed E-state index contributed by atoms with van der Waals surface area (Å²) >= 11 is 3.25. The van der Waals surface area contributed by atoms with E-state index >= 15 is 0 Å². The van der Waals surface area contributed by atoms with Crippen LogP contribution in [0.4, 0.5) is 0 Å². The number of rotatable bonds is 5. The molecule has 16 heavy (non-hydrogen) atoms. The van der Waals surface area contributed by atoms with Gasteiger partial charge in [0, 0.05) is 4.47 Å². The maximum absolute atomic E-state index is 11.1. The predicted molar refractivity (Wildman–Crippen MR) is 64.5 cm³/mol. The molecule has 0 spiro atoms. The summed E-state index contributed by atoms with van der Waals surface area (Å²) < 4.78 is 6.09. The summed E-state index contributed by atoms with van der Waals surface area (Å²) in [6, 6.07) is 4.99. The van der Waals surface area contributed by atoms with E-state index in [1.807, 2.05) is 6.92 Å². The Labute approximate surface area is 103 Å². The van der Waals surface area contributed by atoms with Crippen LogP contribution in [0.25, 0.3) is 0 Å². The molecule has 0 bridgehead atoms. The molecule has 0 radical (unpaired) electrons. The minimum Gasteiger partial charge on any atom is -0.490 e. The van der Waals surface area contributed by atoms with Crippen molar-refractivity contribution in [3.05, 3.63) is 28.2 Å². The summed E-state index contributed by atoms with van der Waals surface area (Å²) in [5, 5.41) is 9.35. The van der Waals surface area contributed by atoms with E-state index in [1.54, 1.807) is 18.2 Å². The van der Waals surface area contributed by atoms with Gasteiger partial charge in [-0.3, -0.25) is 4.79 Å². The minimum absolute atomic E-state index is 0.151. The predicted octanol–water partition coefficient (Wildman–Crippen LogP) is 1.70. The summed E-state index contributed by atoms with van der Waals surface area (Å²) in [6.07, 6.45) is 0.0620. The van der Waals surface area contributed by atoms with Crippen LogP contribution in [0.3, 0.4) is 0 Å². The van der Waals surface area contributed by atoms with Crippen molar-refractivity contribution in [2.45, 2.75) is 19.4 Å². The quantitative estimate of drug-likeness (QED) is 0.866. The molecule has 0 saturated carbocycles. The molecule has 0 fully saturated rings. The number of halogens is 1. The first kappa shape index (κ1) is 13.0. The summed E-state index contributed by atoms with van der Waals surface area (Å²) in [7, 11) is 0. The van der Waals surface area contributed by atoms with Gasteiger partial charge in [-0.15, -0.1) is 0 Å². The number of aliphatic hydroxyl groups is 1. The van der Waals surface area contributed by atoms with Crippen molar-refractivity contribution >= 4 is 21.8 Å². The number of benzene rings is 1. The van der Waals surface area contributed by atoms with Crippen molar-refractivity contribution in [1.29, 1.82) is 0 Å². The first-order chi connectivity index (χ1) is 7.54. The van der Waals surface area contributed by atoms with Gasteiger partial charge in [0.15, 0.2) is 0 Å². The molecule has 4 nitrogen and oxygen atoms in total. The summed E-state index contributed by atoms with van der Waals surface area (Å²) in [6.45, 7) is 2.00. The molecule has 1 aromatic rings. The van der Waals surface area contributed by atoms with Crippen molar-refractivity contribution in [2.75, 3.05) is 6.61 Å². The molecule has 1 aromatic carbocycles. The zero-order valence-corrected chi connectivity index (χ0v) is 10.5. The Morgan fingerprint density at radius 2 is 2.31 bits per heavy atom. The van der Waals surface area contributed by atoms with E-state index in [0.717, 1.165) is 4.47 Å². The van der Waals surface area contributed by atoms with E-state index in [2.05, 4.69) is 15.9 Å². The Morgan fingerprint density at radius 1 is 1.62 bits per heavy atom. The molecule has 1 rings (SSSR count). The fourth-order valence-electron chi connectivity index (χ4n) is 1.12. The Morgan fingerprint density at radius 3 is 2.88 bits per heavy atom. The lowest BCUT2D eigenvalue weighted by Gasteiger charge is -2.12. The summed E-state index contributed by atoms with van der Waals surface area (Å²) in [4.78, 5) is 11.1. The molecule has 5 heteroatoms. The van der Waals surface area contributed by atoms with Gasteiger partial charge in [-0.2, -0.15) is 0 Å². The second kappa shape index (κ2) is 5.86. The number of primary amides is 1. The van der Waals surface area contributed by atoms with E-state index < -0.39 is 12.0 Å². The van der Waals surface area contributed by atoms with Crippen LogP contribution in [-0.4, -0.2) is 23.7 Å². The Bertz CT molecular complexity index is 381. The fraction of sp³-hybridized carbons (Fsp3) is 0.364. The smallest absolute Gasteiger partial charge is 0.252 e. The van der Waals surface area contributed by atoms with Gasteiger partial charge >= 0.3 is 0 Å². The number of nitrogens with two attached hydrogens (primary N) is 1. The van der Waals surface area contributed by atoms with Gasteiger partial charge in [-0.05, 0) is 24.6 Å². The molecule has 0 aromatic heterocycles. The van der Waals surface area contributed by atoms with E-state index in [1.165, 1.54) is 0 Å². The minimum atomic E-state index is -0.553. The molecule has 0 heterocycles. The molecule has 0 aliphatic rings. The van der Waals surface area contributed by atoms with Crippen molar-refractivity contribution in [3.8, 4) is 5.75 Å². The first-order valence-corrected chi connectivity index (χ1v) is 5.74. The molecule has 0 unspecified atom stereocenters. The van der Waals surface area contributed by atoms with Crippen molar-refractivity contribution in [1.82, 2.24) is 0 Å². The van der Waals surface area contributed by atoms with Gasteiger partial charge < -0.3 is 15.6 Å². The molecular weight excluding hydrogens is 274 g/mol. The molecule has 0 aliphatic carbocycles. The molecule has 88 valence electrons. The summed E-state index contributed by atoms with van der Waals surface area (Å²) in [5.74, 6) is -0.162. The number of aliphatic hydroxyl groups excluding tert-OH is 1. The Hall–Kier alpha value is -1.07. The molecular formula is C11H14BrNO3. The SMILES string of the molecule is CC[C@H](O)COc1ccc(Br)cc1C(N)=O. The van der Waals surface area contributed by atoms with Crippen molar-refractivity contribution < 1.29 is 14.6 Å². The van der Waals surface area contributed by atoms with Gasteiger partial charge in [-0.1, -0.05) is 22.9 Å². The number of amides is 1. The number of ether oxygens (including phenoxy) is 1. The fourth-order valence-corrected chi connectivity index (χ4v) is 1.49. The van der Waals surface area contributed by atoms with Gasteiger partial charge in [0.2, 0.25) is 0 Å². The molecule has 1 amide bonds. The van der Waals surface area contributed by atoms with Crippen LogP contribution < -0.4 is 10.5 Å². The first-order valence-electron chi connectivity index (χ1n) is 4.94. The standard InChI is InChI=1S/C11H14BrNO3/c1-2-8(14)6-16-10-4-3-7(12)5-9(10)11(13)15/h3-5,8,14H,2,6H2,1H3,(H2,13,15)/t8-/m0/s1. The number of carbonyl (C=O) groups excluding carboxylic acids is 1. The maximum atomic E-state index is 11.1. The van der Waals surface area contributed by atoms with Gasteiger partial charge in [0.1, 0.15) is 12.4 Å². The summed E-state index contributed by atoms with van der Waals surface area (Å²) in [5.41, 5.74) is 5.52. The third-order valence-electron chi connectivity index (χ3n) is 2.11. The van der Waals surface area contributed by atoms with Gasteiger partial charge in [0.25, 0.3) is 5.91 Å². The van der Waals surface area contributed by atoms with E-state index in [-0.39, 0.29) is 6.61 Å². The monoisotopic (exact) mass is 287 g/mol. The Kier molecular flexibility index (Phi) is 4.76. The lowest BCUT2D eigenvalue weighted by molar-refractivity contribution is 0.0957. The van der Waals surface area contributed by atoms with E-state index in [9.17, 15) is 9.90 Å². The molecule has 1 atom stereocenters. The molecule has 0 saturated heterocycles. The lowest BCUT2D eigenvalue weighted by atomic mass is 10.2. The van der Waals surface area contributed by atoms with Gasteiger partial charge in [0.05, 0.1) is 11.7 Å². The lowest BCUT2D eigenvalue weighted by Crippen LogP contribution is -2.19. The van der Waals surface area contributed by atoms with Crippen LogP contribution in [0.15, 0.2) is 22.7 Å². The third kappa shape index (κ3) is 3.50. The normalized spacial score (nSPS) is 12.2. The van der Waals surface area contributed by atoms with Crippen LogP contribution in [0.2, 0.25) is 0 Å². The van der Waals surface area contributed by atoms with Crippen LogP contribution >= 0.6 is 15.9 Å². The maximum Gasteiger partial charge on any atom is 0.252 e. The Balaban J connectivity index is 2.82. The van der Waals surface area contributed by atoms with E-state index in [4.69, 9.17) is 10.5 Å². The highest BCUT2D eigenvalue weighted by Crippen LogP contribution is 2.23. The highest BCUT2D eigenvalue weighted by atomic mass is 79.9. The third-order valence-corrected chi connectivity index (χ3v) is 2.60. The van der Waals surface area contributed by atoms with Crippen LogP contribution in [0.5, 0.6) is 5.75 Å². The molecule has 3 N–H and O–H groups in total. The average Bonchev–Trinajstić information content (AvgIpc) is 2.26. The zero-order chi connectivity index (χ0) is 12.1. The van der Waals surface area contributed by atoms with Crippen LogP contribution in [0, 0.1) is 0 Å². The van der Waals surface area contributed by atoms with Crippen LogP contribution in [0.1, 0.15) is 23.7 Å². The average molecular weight is 288 g/mol. The number of hydrogen-bond acceptors (Lipinski definition) is 3. The second-order valence-corrected chi connectivity index (χ2v) is 4.29. The van der Waals surface area contributed by atoms with Crippen molar-refractivity contribution in [2.24, 2.45) is 5.73 Å². The topological polar surface area (TPSA) is 72.6 Å². The highest BCUT2D eigenvalue weighted by molar-refractivity contribution is 9.10. The van der Waals surface area contributed by atoms with E-state index in [0.29, 0.717) is 17.7 Å². The van der Waals surface area contributed by atoms with Crippen molar-refractivity contribution in [3.63, 3.8) is 0 Å². The van der Waals surface area contributed by atoms with Gasteiger partial charge in [-0.25, -0.2) is 0 Å². The zero-order valence-electron chi connectivity index (χ0n) is 8.94. The molecule has 0 aliphatic heterocycles. The second-order valence-electron chi connectivity index (χ2n) is 3.38. The highest BCUT2D eigenvalue weighted by Gasteiger charge is 2.11. The van der Waals surface area contributed by atoms with Crippen LogP contribution in [-0.2, 0) is 0 Å². The largest absolute Gasteiger partial charge is 0.490 e.